The van der Waals surface area contributed by atoms with E-state index < -0.39 is 11.9 Å². The molecule has 0 spiro atoms. The van der Waals surface area contributed by atoms with E-state index in [1.807, 2.05) is 0 Å². The van der Waals surface area contributed by atoms with Crippen LogP contribution in [0.3, 0.4) is 0 Å². The first kappa shape index (κ1) is 15.2. The molecule has 0 bridgehead atoms. The molecule has 0 amide bonds. The summed E-state index contributed by atoms with van der Waals surface area (Å²) in [4.78, 5) is 26.5. The Morgan fingerprint density at radius 1 is 1.05 bits per heavy atom. The molecule has 0 aliphatic carbocycles. The molecule has 0 atom stereocenters. The molecule has 0 heterocycles. The van der Waals surface area contributed by atoms with Crippen molar-refractivity contribution >= 4 is 17.6 Å². The van der Waals surface area contributed by atoms with Gasteiger partial charge < -0.3 is 18.9 Å². The van der Waals surface area contributed by atoms with Gasteiger partial charge in [-0.1, -0.05) is 0 Å². The second-order valence-electron chi connectivity index (χ2n) is 3.47. The second-order valence-corrected chi connectivity index (χ2v) is 3.47. The number of esters is 2. The van der Waals surface area contributed by atoms with Crippen molar-refractivity contribution in [2.75, 3.05) is 28.4 Å². The van der Waals surface area contributed by atoms with Crippen LogP contribution in [0.2, 0.25) is 0 Å². The van der Waals surface area contributed by atoms with Crippen molar-refractivity contribution in [3.8, 4) is 11.5 Å². The van der Waals surface area contributed by atoms with Crippen LogP contribution in [0.15, 0.2) is 6.07 Å². The zero-order valence-electron chi connectivity index (χ0n) is 11.4. The normalized spacial score (nSPS) is 9.35. The van der Waals surface area contributed by atoms with Crippen LogP contribution < -0.4 is 9.47 Å². The van der Waals surface area contributed by atoms with Crippen LogP contribution in [0.25, 0.3) is 4.98 Å². The predicted octanol–water partition coefficient (Wildman–Crippen LogP) is 1.76. The first-order chi connectivity index (χ1) is 9.55. The minimum Gasteiger partial charge on any atom is -0.493 e. The Balaban J connectivity index is 3.79. The van der Waals surface area contributed by atoms with E-state index in [4.69, 9.17) is 14.9 Å². The first-order valence-electron chi connectivity index (χ1n) is 5.36. The van der Waals surface area contributed by atoms with Gasteiger partial charge in [0.15, 0.2) is 16.3 Å². The number of methoxy groups -OCH3 is 4. The van der Waals surface area contributed by atoms with Crippen LogP contribution in [0, 0.1) is 5.39 Å². The zero-order chi connectivity index (χ0) is 15.3. The topological polar surface area (TPSA) is 99.2 Å². The highest BCUT2D eigenvalue weighted by Crippen LogP contribution is 2.42. The van der Waals surface area contributed by atoms with Crippen molar-refractivity contribution < 1.29 is 28.5 Å². The van der Waals surface area contributed by atoms with E-state index >= 15 is 0 Å². The fourth-order valence-electron chi connectivity index (χ4n) is 1.65. The molecule has 8 heteroatoms. The number of benzene rings is 1. The van der Waals surface area contributed by atoms with E-state index in [9.17, 15) is 9.59 Å². The minimum absolute atomic E-state index is 0.0111. The molecule has 8 nitrogen and oxygen atoms in total. The molecule has 0 saturated carbocycles. The van der Waals surface area contributed by atoms with Gasteiger partial charge in [0.1, 0.15) is 0 Å². The second kappa shape index (κ2) is 6.38. The Morgan fingerprint density at radius 2 is 1.65 bits per heavy atom. The van der Waals surface area contributed by atoms with E-state index in [2.05, 4.69) is 14.4 Å². The smallest absolute Gasteiger partial charge is 0.445 e. The predicted molar refractivity (Wildman–Crippen MR) is 67.0 cm³/mol. The fourth-order valence-corrected chi connectivity index (χ4v) is 1.65. The van der Waals surface area contributed by atoms with E-state index in [1.165, 1.54) is 20.3 Å². The summed E-state index contributed by atoms with van der Waals surface area (Å²) in [6.45, 7) is 0. The monoisotopic (exact) mass is 281 g/mol. The van der Waals surface area contributed by atoms with Crippen molar-refractivity contribution in [3.05, 3.63) is 22.2 Å². The molecule has 0 saturated heterocycles. The summed E-state index contributed by atoms with van der Waals surface area (Å²) in [6, 6.07) is 1.24. The highest BCUT2D eigenvalue weighted by Gasteiger charge is 2.36. The van der Waals surface area contributed by atoms with Crippen LogP contribution in [0.5, 0.6) is 11.5 Å². The number of hydrogen-bond donors (Lipinski definition) is 0. The largest absolute Gasteiger partial charge is 0.493 e. The van der Waals surface area contributed by atoms with Crippen molar-refractivity contribution in [1.82, 2.24) is 0 Å². The van der Waals surface area contributed by atoms with Gasteiger partial charge in [-0.2, -0.15) is 0 Å². The number of nitrogens with zero attached hydrogens (tertiary/aromatic N) is 2. The maximum atomic E-state index is 11.8. The van der Waals surface area contributed by atoms with Gasteiger partial charge in [0.05, 0.1) is 34.0 Å². The molecule has 106 valence electrons. The number of hydrogen-bond acceptors (Lipinski definition) is 7. The summed E-state index contributed by atoms with van der Waals surface area (Å²) < 4.78 is 19.2. The Hall–Kier alpha value is -2.82. The molecule has 0 N–H and O–H groups in total. The Bertz CT molecular complexity index is 591. The van der Waals surface area contributed by atoms with Gasteiger partial charge in [-0.05, 0) is 6.07 Å². The summed E-state index contributed by atoms with van der Waals surface area (Å²) in [5, 5.41) is 9.10. The van der Waals surface area contributed by atoms with Gasteiger partial charge in [0, 0.05) is 0 Å². The first-order valence-corrected chi connectivity index (χ1v) is 5.36. The summed E-state index contributed by atoms with van der Waals surface area (Å²) >= 11 is 0. The molecule has 0 unspecified atom stereocenters. The molecule has 1 rings (SSSR count). The SMILES string of the molecule is COC(=O)c1cc(OC)c(OC)c([N+]#N)c1C(=O)OC. The third-order valence-corrected chi connectivity index (χ3v) is 2.54. The van der Waals surface area contributed by atoms with Gasteiger partial charge in [0.25, 0.3) is 5.75 Å². The Morgan fingerprint density at radius 3 is 2.05 bits per heavy atom. The highest BCUT2D eigenvalue weighted by atomic mass is 16.5. The van der Waals surface area contributed by atoms with Crippen LogP contribution in [0.1, 0.15) is 20.7 Å². The average molecular weight is 281 g/mol. The molecule has 0 fully saturated rings. The lowest BCUT2D eigenvalue weighted by molar-refractivity contribution is 0.0555. The minimum atomic E-state index is -0.876. The molecular weight excluding hydrogens is 268 g/mol. The van der Waals surface area contributed by atoms with Gasteiger partial charge in [-0.25, -0.2) is 9.59 Å². The maximum Gasteiger partial charge on any atom is 0.445 e. The van der Waals surface area contributed by atoms with Crippen molar-refractivity contribution in [2.24, 2.45) is 0 Å². The van der Waals surface area contributed by atoms with Crippen LogP contribution in [0.4, 0.5) is 5.69 Å². The summed E-state index contributed by atoms with van der Waals surface area (Å²) in [5.41, 5.74) is -0.719. The number of carbonyl (C=O) groups excluding carboxylic acids is 2. The number of rotatable bonds is 4. The van der Waals surface area contributed by atoms with Gasteiger partial charge in [-0.15, -0.1) is 0 Å². The van der Waals surface area contributed by atoms with E-state index in [0.717, 1.165) is 14.2 Å². The number of ether oxygens (including phenoxy) is 4. The summed E-state index contributed by atoms with van der Waals surface area (Å²) in [5.74, 6) is -1.59. The highest BCUT2D eigenvalue weighted by molar-refractivity contribution is 6.09. The van der Waals surface area contributed by atoms with Crippen LogP contribution in [-0.2, 0) is 9.47 Å². The lowest BCUT2D eigenvalue weighted by atomic mass is 10.0. The zero-order valence-corrected chi connectivity index (χ0v) is 11.4. The van der Waals surface area contributed by atoms with Crippen LogP contribution >= 0.6 is 0 Å². The Kier molecular flexibility index (Phi) is 4.86. The van der Waals surface area contributed by atoms with Gasteiger partial charge in [-0.3, -0.25) is 0 Å². The quantitative estimate of drug-likeness (QED) is 0.612. The third kappa shape index (κ3) is 2.47. The molecule has 1 aromatic rings. The van der Waals surface area contributed by atoms with Gasteiger partial charge in [0.2, 0.25) is 5.39 Å². The van der Waals surface area contributed by atoms with E-state index in [1.54, 1.807) is 0 Å². The van der Waals surface area contributed by atoms with Crippen molar-refractivity contribution in [1.29, 1.82) is 5.39 Å². The van der Waals surface area contributed by atoms with Gasteiger partial charge >= 0.3 is 17.6 Å². The standard InChI is InChI=1S/C12H13N2O6/c1-17-7-5-6(11(15)19-3)8(12(16)20-4)9(14-13)10(7)18-2/h5H,1-4H3/q+1. The molecular formula is C12H13N2O6+. The van der Waals surface area contributed by atoms with Crippen molar-refractivity contribution in [2.45, 2.75) is 0 Å². The number of diazo groups is 1. The molecule has 0 aliphatic heterocycles. The number of carbonyl (C=O) groups is 2. The molecule has 1 aromatic carbocycles. The molecule has 0 aliphatic rings. The lowest BCUT2D eigenvalue weighted by Crippen LogP contribution is -2.13. The van der Waals surface area contributed by atoms with E-state index in [0.29, 0.717) is 0 Å². The molecule has 0 radical (unpaired) electrons. The van der Waals surface area contributed by atoms with Crippen molar-refractivity contribution in [3.63, 3.8) is 0 Å². The third-order valence-electron chi connectivity index (χ3n) is 2.54. The molecule has 0 aromatic heterocycles. The molecule has 20 heavy (non-hydrogen) atoms. The Labute approximate surface area is 114 Å². The summed E-state index contributed by atoms with van der Waals surface area (Å²) in [6.07, 6.45) is 0. The maximum absolute atomic E-state index is 11.8. The summed E-state index contributed by atoms with van der Waals surface area (Å²) in [7, 11) is 4.90. The van der Waals surface area contributed by atoms with Crippen LogP contribution in [-0.4, -0.2) is 40.4 Å². The van der Waals surface area contributed by atoms with E-state index in [-0.39, 0.29) is 28.3 Å². The average Bonchev–Trinajstić information content (AvgIpc) is 2.50. The lowest BCUT2D eigenvalue weighted by Gasteiger charge is -2.10. The fraction of sp³-hybridized carbons (Fsp3) is 0.333.